The van der Waals surface area contributed by atoms with Crippen LogP contribution in [0.15, 0.2) is 42.2 Å². The van der Waals surface area contributed by atoms with Crippen molar-refractivity contribution in [2.24, 2.45) is 0 Å². The zero-order valence-electron chi connectivity index (χ0n) is 14.2. The molecule has 24 heavy (non-hydrogen) atoms. The van der Waals surface area contributed by atoms with Crippen LogP contribution in [-0.4, -0.2) is 29.7 Å². The van der Waals surface area contributed by atoms with Crippen molar-refractivity contribution in [1.29, 1.82) is 0 Å². The Bertz CT molecular complexity index is 645. The zero-order chi connectivity index (χ0) is 17.7. The van der Waals surface area contributed by atoms with E-state index in [1.54, 1.807) is 13.8 Å². The van der Waals surface area contributed by atoms with Crippen LogP contribution in [0, 0.1) is 0 Å². The summed E-state index contributed by atoms with van der Waals surface area (Å²) in [4.78, 5) is 35.8. The molecule has 0 saturated heterocycles. The Hall–Kier alpha value is -2.43. The van der Waals surface area contributed by atoms with Crippen molar-refractivity contribution in [3.8, 4) is 0 Å². The van der Waals surface area contributed by atoms with E-state index < -0.39 is 17.9 Å². The van der Waals surface area contributed by atoms with E-state index in [1.165, 1.54) is 13.0 Å². The van der Waals surface area contributed by atoms with Gasteiger partial charge < -0.3 is 9.47 Å². The van der Waals surface area contributed by atoms with Gasteiger partial charge in [-0.15, -0.1) is 0 Å². The number of carbonyl (C=O) groups excluding carboxylic acids is 3. The Morgan fingerprint density at radius 3 is 2.38 bits per heavy atom. The van der Waals surface area contributed by atoms with Gasteiger partial charge in [0, 0.05) is 18.9 Å². The highest BCUT2D eigenvalue weighted by Gasteiger charge is 2.31. The maximum absolute atomic E-state index is 12.0. The molecule has 2 unspecified atom stereocenters. The minimum absolute atomic E-state index is 0.0209. The molecule has 128 valence electrons. The number of esters is 1. The van der Waals surface area contributed by atoms with Crippen LogP contribution >= 0.6 is 0 Å². The van der Waals surface area contributed by atoms with Gasteiger partial charge in [0.25, 0.3) is 6.10 Å². The first-order chi connectivity index (χ1) is 11.4. The molecular weight excluding hydrogens is 308 g/mol. The first-order valence-electron chi connectivity index (χ1n) is 8.02. The second kappa shape index (κ2) is 7.90. The number of ketones is 2. The van der Waals surface area contributed by atoms with Crippen LogP contribution in [-0.2, 0) is 23.9 Å². The molecule has 0 aromatic heterocycles. The number of hydrogen-bond acceptors (Lipinski definition) is 5. The molecular formula is C19H22O5. The number of benzene rings is 1. The summed E-state index contributed by atoms with van der Waals surface area (Å²) in [5.74, 6) is -0.929. The number of rotatable bonds is 6. The summed E-state index contributed by atoms with van der Waals surface area (Å²) in [6.45, 7) is 4.67. The lowest BCUT2D eigenvalue weighted by Crippen LogP contribution is -2.35. The van der Waals surface area contributed by atoms with Gasteiger partial charge in [-0.2, -0.15) is 0 Å². The third-order valence-electron chi connectivity index (χ3n) is 3.69. The molecule has 1 aromatic rings. The van der Waals surface area contributed by atoms with E-state index in [-0.39, 0.29) is 17.8 Å². The third kappa shape index (κ3) is 4.78. The quantitative estimate of drug-likeness (QED) is 0.592. The first-order valence-corrected chi connectivity index (χ1v) is 8.02. The van der Waals surface area contributed by atoms with E-state index in [0.29, 0.717) is 18.6 Å². The van der Waals surface area contributed by atoms with Gasteiger partial charge in [-0.3, -0.25) is 9.59 Å². The maximum Gasteiger partial charge on any atom is 0.355 e. The number of carbonyl (C=O) groups is 3. The van der Waals surface area contributed by atoms with E-state index in [1.807, 2.05) is 30.3 Å². The van der Waals surface area contributed by atoms with Crippen LogP contribution in [0.25, 0.3) is 0 Å². The molecule has 0 bridgehead atoms. The zero-order valence-corrected chi connectivity index (χ0v) is 14.2. The Morgan fingerprint density at radius 1 is 1.12 bits per heavy atom. The molecule has 0 saturated carbocycles. The smallest absolute Gasteiger partial charge is 0.355 e. The summed E-state index contributed by atoms with van der Waals surface area (Å²) < 4.78 is 10.6. The number of Topliss-reactive ketones (excluding diaryl/α,β-unsaturated/α-hetero) is 1. The predicted molar refractivity (Wildman–Crippen MR) is 88.3 cm³/mol. The minimum Gasteiger partial charge on any atom is -0.475 e. The second-order valence-corrected chi connectivity index (χ2v) is 6.19. The monoisotopic (exact) mass is 330 g/mol. The standard InChI is InChI=1S/C19H22O5/c1-12(2)23-19(22)18(13(3)20)24-17-10-15(9-16(21)11-17)14-7-5-4-6-8-14/h4-8,11-12,15,18H,9-10H2,1-3H3. The topological polar surface area (TPSA) is 69.7 Å². The highest BCUT2D eigenvalue weighted by atomic mass is 16.6. The molecule has 1 aromatic carbocycles. The summed E-state index contributed by atoms with van der Waals surface area (Å²) in [5, 5.41) is 0. The number of allylic oxidation sites excluding steroid dienone is 2. The fraction of sp³-hybridized carbons (Fsp3) is 0.421. The predicted octanol–water partition coefficient (Wildman–Crippen LogP) is 2.94. The highest BCUT2D eigenvalue weighted by molar-refractivity contribution is 6.01. The average molecular weight is 330 g/mol. The van der Waals surface area contributed by atoms with Crippen LogP contribution in [0.3, 0.4) is 0 Å². The van der Waals surface area contributed by atoms with Crippen molar-refractivity contribution in [2.75, 3.05) is 0 Å². The molecule has 0 amide bonds. The lowest BCUT2D eigenvalue weighted by molar-refractivity contribution is -0.162. The van der Waals surface area contributed by atoms with Crippen molar-refractivity contribution >= 4 is 17.5 Å². The van der Waals surface area contributed by atoms with Gasteiger partial charge in [-0.1, -0.05) is 30.3 Å². The molecule has 2 atom stereocenters. The third-order valence-corrected chi connectivity index (χ3v) is 3.69. The van der Waals surface area contributed by atoms with E-state index in [0.717, 1.165) is 5.56 Å². The molecule has 0 radical (unpaired) electrons. The lowest BCUT2D eigenvalue weighted by Gasteiger charge is -2.25. The van der Waals surface area contributed by atoms with Crippen LogP contribution in [0.2, 0.25) is 0 Å². The van der Waals surface area contributed by atoms with Crippen molar-refractivity contribution in [3.05, 3.63) is 47.7 Å². The van der Waals surface area contributed by atoms with Crippen molar-refractivity contribution < 1.29 is 23.9 Å². The van der Waals surface area contributed by atoms with Gasteiger partial charge >= 0.3 is 5.97 Å². The fourth-order valence-electron chi connectivity index (χ4n) is 2.64. The Morgan fingerprint density at radius 2 is 1.79 bits per heavy atom. The summed E-state index contributed by atoms with van der Waals surface area (Å²) in [6, 6.07) is 9.65. The first kappa shape index (κ1) is 17.9. The summed E-state index contributed by atoms with van der Waals surface area (Å²) in [6.07, 6.45) is 0.549. The van der Waals surface area contributed by atoms with E-state index in [4.69, 9.17) is 9.47 Å². The van der Waals surface area contributed by atoms with Crippen molar-refractivity contribution in [1.82, 2.24) is 0 Å². The molecule has 1 aliphatic rings. The molecule has 0 spiro atoms. The second-order valence-electron chi connectivity index (χ2n) is 6.19. The van der Waals surface area contributed by atoms with Gasteiger partial charge in [-0.05, 0) is 32.3 Å². The average Bonchev–Trinajstić information content (AvgIpc) is 2.52. The van der Waals surface area contributed by atoms with Crippen LogP contribution in [0.1, 0.15) is 45.1 Å². The van der Waals surface area contributed by atoms with Gasteiger partial charge in [-0.25, -0.2) is 4.79 Å². The van der Waals surface area contributed by atoms with Gasteiger partial charge in [0.2, 0.25) is 0 Å². The molecule has 2 rings (SSSR count). The van der Waals surface area contributed by atoms with E-state index in [9.17, 15) is 14.4 Å². The van der Waals surface area contributed by atoms with Crippen molar-refractivity contribution in [3.63, 3.8) is 0 Å². The number of hydrogen-bond donors (Lipinski definition) is 0. The highest BCUT2D eigenvalue weighted by Crippen LogP contribution is 2.32. The largest absolute Gasteiger partial charge is 0.475 e. The van der Waals surface area contributed by atoms with Crippen molar-refractivity contribution in [2.45, 2.75) is 51.7 Å². The molecule has 0 fully saturated rings. The molecule has 5 heteroatoms. The Labute approximate surface area is 141 Å². The summed E-state index contributed by atoms with van der Waals surface area (Å²) in [7, 11) is 0. The Balaban J connectivity index is 2.13. The Kier molecular flexibility index (Phi) is 5.90. The summed E-state index contributed by atoms with van der Waals surface area (Å²) >= 11 is 0. The number of ether oxygens (including phenoxy) is 2. The van der Waals surface area contributed by atoms with Gasteiger partial charge in [0.1, 0.15) is 5.76 Å². The van der Waals surface area contributed by atoms with E-state index >= 15 is 0 Å². The molecule has 0 heterocycles. The lowest BCUT2D eigenvalue weighted by atomic mass is 9.86. The molecule has 0 aliphatic heterocycles. The van der Waals surface area contributed by atoms with Crippen LogP contribution in [0.5, 0.6) is 0 Å². The SMILES string of the molecule is CC(=O)C(OC1=CC(=O)CC(c2ccccc2)C1)C(=O)OC(C)C. The van der Waals surface area contributed by atoms with Gasteiger partial charge in [0.15, 0.2) is 11.6 Å². The minimum atomic E-state index is -1.33. The fourth-order valence-corrected chi connectivity index (χ4v) is 2.64. The normalized spacial score (nSPS) is 18.8. The summed E-state index contributed by atoms with van der Waals surface area (Å²) in [5.41, 5.74) is 1.03. The molecule has 5 nitrogen and oxygen atoms in total. The van der Waals surface area contributed by atoms with Gasteiger partial charge in [0.05, 0.1) is 6.10 Å². The van der Waals surface area contributed by atoms with Crippen LogP contribution in [0.4, 0.5) is 0 Å². The van der Waals surface area contributed by atoms with E-state index in [2.05, 4.69) is 0 Å². The maximum atomic E-state index is 12.0. The van der Waals surface area contributed by atoms with Crippen LogP contribution < -0.4 is 0 Å². The molecule has 0 N–H and O–H groups in total. The molecule has 1 aliphatic carbocycles.